The third kappa shape index (κ3) is 5.50. The predicted octanol–water partition coefficient (Wildman–Crippen LogP) is 5.90. The molecule has 0 bridgehead atoms. The number of nitrogens with zero attached hydrogens (tertiary/aromatic N) is 1. The van der Waals surface area contributed by atoms with E-state index in [1.165, 1.54) is 0 Å². The standard InChI is InChI=1S/C25H29NO4/c1-4-6-19-7-5-8-21(17-18-9-13-22(28-2)14-10-18)24(19)26-30-25(27)20-11-15-23(29-3)16-12-20/h9-17,19H,4-8H2,1-3H3/b21-17+,26-24+. The zero-order valence-corrected chi connectivity index (χ0v) is 17.9. The largest absolute Gasteiger partial charge is 0.497 e. The molecule has 0 N–H and O–H groups in total. The number of rotatable bonds is 7. The van der Waals surface area contributed by atoms with E-state index >= 15 is 0 Å². The van der Waals surface area contributed by atoms with Crippen molar-refractivity contribution in [3.8, 4) is 11.5 Å². The van der Waals surface area contributed by atoms with Crippen molar-refractivity contribution in [2.45, 2.75) is 39.0 Å². The Morgan fingerprint density at radius 2 is 1.67 bits per heavy atom. The summed E-state index contributed by atoms with van der Waals surface area (Å²) in [5.74, 6) is 1.36. The van der Waals surface area contributed by atoms with Crippen LogP contribution >= 0.6 is 0 Å². The van der Waals surface area contributed by atoms with E-state index in [2.05, 4.69) is 18.2 Å². The number of hydrogen-bond donors (Lipinski definition) is 0. The quantitative estimate of drug-likeness (QED) is 0.423. The van der Waals surface area contributed by atoms with Gasteiger partial charge in [0.05, 0.1) is 25.5 Å². The minimum Gasteiger partial charge on any atom is -0.497 e. The molecule has 0 aromatic heterocycles. The molecule has 1 unspecified atom stereocenters. The topological polar surface area (TPSA) is 57.1 Å². The van der Waals surface area contributed by atoms with Gasteiger partial charge >= 0.3 is 5.97 Å². The lowest BCUT2D eigenvalue weighted by Gasteiger charge is -2.25. The number of carbonyl (C=O) groups excluding carboxylic acids is 1. The fraction of sp³-hybridized carbons (Fsp3) is 0.360. The van der Waals surface area contributed by atoms with E-state index in [9.17, 15) is 4.79 Å². The van der Waals surface area contributed by atoms with Crippen molar-refractivity contribution in [3.63, 3.8) is 0 Å². The van der Waals surface area contributed by atoms with Crippen molar-refractivity contribution < 1.29 is 19.1 Å². The van der Waals surface area contributed by atoms with Gasteiger partial charge in [-0.05, 0) is 79.3 Å². The Labute approximate surface area is 178 Å². The summed E-state index contributed by atoms with van der Waals surface area (Å²) in [5.41, 5.74) is 3.55. The van der Waals surface area contributed by atoms with E-state index in [1.807, 2.05) is 24.3 Å². The molecule has 3 rings (SSSR count). The molecule has 0 aliphatic heterocycles. The summed E-state index contributed by atoms with van der Waals surface area (Å²) >= 11 is 0. The van der Waals surface area contributed by atoms with Gasteiger partial charge in [-0.1, -0.05) is 30.6 Å². The maximum atomic E-state index is 12.5. The van der Waals surface area contributed by atoms with Crippen molar-refractivity contribution in [1.29, 1.82) is 0 Å². The molecule has 1 atom stereocenters. The molecule has 5 heteroatoms. The molecule has 158 valence electrons. The van der Waals surface area contributed by atoms with Crippen LogP contribution in [0, 0.1) is 5.92 Å². The molecule has 0 spiro atoms. The van der Waals surface area contributed by atoms with Crippen molar-refractivity contribution in [2.24, 2.45) is 11.1 Å². The fourth-order valence-corrected chi connectivity index (χ4v) is 3.75. The van der Waals surface area contributed by atoms with E-state index in [0.29, 0.717) is 17.2 Å². The second kappa shape index (κ2) is 10.6. The van der Waals surface area contributed by atoms with Gasteiger partial charge in [0.1, 0.15) is 11.5 Å². The SMILES string of the molecule is CCCC1CCCC(=C\c2ccc(OC)cc2)/C1=N/OC(=O)c1ccc(OC)cc1. The summed E-state index contributed by atoms with van der Waals surface area (Å²) in [6.07, 6.45) is 7.32. The van der Waals surface area contributed by atoms with Gasteiger partial charge in [0.2, 0.25) is 0 Å². The van der Waals surface area contributed by atoms with Crippen LogP contribution in [0.25, 0.3) is 6.08 Å². The molecule has 0 heterocycles. The normalized spacial score (nSPS) is 19.0. The van der Waals surface area contributed by atoms with Crippen LogP contribution in [0.5, 0.6) is 11.5 Å². The fourth-order valence-electron chi connectivity index (χ4n) is 3.75. The Morgan fingerprint density at radius 3 is 2.27 bits per heavy atom. The van der Waals surface area contributed by atoms with Crippen molar-refractivity contribution in [2.75, 3.05) is 14.2 Å². The summed E-state index contributed by atoms with van der Waals surface area (Å²) in [5, 5.41) is 4.36. The van der Waals surface area contributed by atoms with Gasteiger partial charge in [0.15, 0.2) is 0 Å². The first kappa shape index (κ1) is 21.6. The highest BCUT2D eigenvalue weighted by molar-refractivity contribution is 6.06. The Morgan fingerprint density at radius 1 is 1.03 bits per heavy atom. The van der Waals surface area contributed by atoms with E-state index in [0.717, 1.165) is 54.7 Å². The van der Waals surface area contributed by atoms with Crippen LogP contribution < -0.4 is 9.47 Å². The lowest BCUT2D eigenvalue weighted by Crippen LogP contribution is -2.23. The smallest absolute Gasteiger partial charge is 0.365 e. The van der Waals surface area contributed by atoms with Crippen LogP contribution in [-0.4, -0.2) is 25.9 Å². The maximum absolute atomic E-state index is 12.5. The van der Waals surface area contributed by atoms with Crippen molar-refractivity contribution in [3.05, 3.63) is 65.2 Å². The monoisotopic (exact) mass is 407 g/mol. The summed E-state index contributed by atoms with van der Waals surface area (Å²) in [6, 6.07) is 14.8. The first-order valence-electron chi connectivity index (χ1n) is 10.4. The predicted molar refractivity (Wildman–Crippen MR) is 119 cm³/mol. The molecule has 5 nitrogen and oxygen atoms in total. The minimum atomic E-state index is -0.463. The first-order chi connectivity index (χ1) is 14.6. The van der Waals surface area contributed by atoms with Gasteiger partial charge in [-0.3, -0.25) is 0 Å². The highest BCUT2D eigenvalue weighted by Gasteiger charge is 2.25. The zero-order chi connectivity index (χ0) is 21.3. The van der Waals surface area contributed by atoms with Gasteiger partial charge in [0.25, 0.3) is 0 Å². The lowest BCUT2D eigenvalue weighted by molar-refractivity contribution is 0.0513. The van der Waals surface area contributed by atoms with Crippen LogP contribution in [0.15, 0.2) is 59.3 Å². The van der Waals surface area contributed by atoms with Gasteiger partial charge in [-0.25, -0.2) is 4.79 Å². The van der Waals surface area contributed by atoms with Crippen molar-refractivity contribution >= 4 is 17.8 Å². The van der Waals surface area contributed by atoms with E-state index < -0.39 is 5.97 Å². The Kier molecular flexibility index (Phi) is 7.66. The number of carbonyl (C=O) groups is 1. The molecular weight excluding hydrogens is 378 g/mol. The molecule has 1 aliphatic carbocycles. The van der Waals surface area contributed by atoms with Crippen LogP contribution in [0.1, 0.15) is 54.9 Å². The van der Waals surface area contributed by atoms with Crippen LogP contribution in [0.3, 0.4) is 0 Å². The Hall–Kier alpha value is -3.08. The summed E-state index contributed by atoms with van der Waals surface area (Å²) in [7, 11) is 3.25. The summed E-state index contributed by atoms with van der Waals surface area (Å²) in [4.78, 5) is 17.9. The zero-order valence-electron chi connectivity index (χ0n) is 17.9. The van der Waals surface area contributed by atoms with E-state index in [1.54, 1.807) is 38.5 Å². The lowest BCUT2D eigenvalue weighted by atomic mass is 9.80. The molecule has 1 aliphatic rings. The molecule has 2 aromatic carbocycles. The number of allylic oxidation sites excluding steroid dienone is 1. The second-order valence-corrected chi connectivity index (χ2v) is 7.40. The molecular formula is C25H29NO4. The van der Waals surface area contributed by atoms with E-state index in [-0.39, 0.29) is 0 Å². The molecule has 0 amide bonds. The first-order valence-corrected chi connectivity index (χ1v) is 10.4. The Balaban J connectivity index is 1.83. The molecule has 2 aromatic rings. The maximum Gasteiger partial charge on any atom is 0.365 e. The minimum absolute atomic E-state index is 0.303. The highest BCUT2D eigenvalue weighted by atomic mass is 16.7. The number of benzene rings is 2. The molecule has 0 saturated heterocycles. The van der Waals surface area contributed by atoms with Crippen LogP contribution in [-0.2, 0) is 4.84 Å². The average Bonchev–Trinajstić information content (AvgIpc) is 2.79. The highest BCUT2D eigenvalue weighted by Crippen LogP contribution is 2.31. The molecule has 1 saturated carbocycles. The molecule has 1 fully saturated rings. The van der Waals surface area contributed by atoms with Crippen LogP contribution in [0.4, 0.5) is 0 Å². The van der Waals surface area contributed by atoms with Gasteiger partial charge in [-0.2, -0.15) is 0 Å². The average molecular weight is 408 g/mol. The van der Waals surface area contributed by atoms with Gasteiger partial charge in [0, 0.05) is 5.92 Å². The molecule has 30 heavy (non-hydrogen) atoms. The number of hydrogen-bond acceptors (Lipinski definition) is 5. The summed E-state index contributed by atoms with van der Waals surface area (Å²) in [6.45, 7) is 2.17. The Bertz CT molecular complexity index is 896. The number of oxime groups is 1. The van der Waals surface area contributed by atoms with Crippen LogP contribution in [0.2, 0.25) is 0 Å². The van der Waals surface area contributed by atoms with E-state index in [4.69, 9.17) is 14.3 Å². The van der Waals surface area contributed by atoms with Crippen molar-refractivity contribution in [1.82, 2.24) is 0 Å². The number of methoxy groups -OCH3 is 2. The van der Waals surface area contributed by atoms with Gasteiger partial charge in [-0.15, -0.1) is 0 Å². The third-order valence-corrected chi connectivity index (χ3v) is 5.36. The summed E-state index contributed by atoms with van der Waals surface area (Å²) < 4.78 is 10.4. The number of ether oxygens (including phenoxy) is 2. The second-order valence-electron chi connectivity index (χ2n) is 7.40. The third-order valence-electron chi connectivity index (χ3n) is 5.36. The molecule has 0 radical (unpaired) electrons. The van der Waals surface area contributed by atoms with Gasteiger partial charge < -0.3 is 14.3 Å².